The van der Waals surface area contributed by atoms with Gasteiger partial charge in [0.1, 0.15) is 12.1 Å². The number of nitrogens with zero attached hydrogens (tertiary/aromatic N) is 3. The summed E-state index contributed by atoms with van der Waals surface area (Å²) < 4.78 is 0. The Morgan fingerprint density at radius 2 is 2.06 bits per heavy atom. The van der Waals surface area contributed by atoms with Crippen molar-refractivity contribution in [3.8, 4) is 0 Å². The molecule has 0 spiro atoms. The summed E-state index contributed by atoms with van der Waals surface area (Å²) in [7, 11) is 0. The smallest absolute Gasteiger partial charge is 0.139 e. The van der Waals surface area contributed by atoms with Crippen molar-refractivity contribution in [1.82, 2.24) is 9.97 Å². The third-order valence-corrected chi connectivity index (χ3v) is 3.51. The zero-order chi connectivity index (χ0) is 12.5. The molecule has 2 aromatic rings. The normalized spacial score (nSPS) is 24.4. The Morgan fingerprint density at radius 3 is 2.89 bits per heavy atom. The largest absolute Gasteiger partial charge is 0.354 e. The summed E-state index contributed by atoms with van der Waals surface area (Å²) >= 11 is 0. The summed E-state index contributed by atoms with van der Waals surface area (Å²) in [5.41, 5.74) is 7.11. The van der Waals surface area contributed by atoms with E-state index >= 15 is 0 Å². The molecule has 2 heterocycles. The molecule has 0 aliphatic carbocycles. The van der Waals surface area contributed by atoms with Crippen LogP contribution in [0.5, 0.6) is 0 Å². The first-order valence-corrected chi connectivity index (χ1v) is 6.44. The van der Waals surface area contributed by atoms with Gasteiger partial charge in [-0.15, -0.1) is 0 Å². The van der Waals surface area contributed by atoms with Crippen LogP contribution in [0, 0.1) is 5.92 Å². The van der Waals surface area contributed by atoms with Crippen LogP contribution in [0.4, 0.5) is 5.82 Å². The van der Waals surface area contributed by atoms with Gasteiger partial charge in [0, 0.05) is 24.5 Å². The van der Waals surface area contributed by atoms with Gasteiger partial charge >= 0.3 is 0 Å². The molecule has 0 bridgehead atoms. The molecule has 18 heavy (non-hydrogen) atoms. The number of rotatable bonds is 1. The Balaban J connectivity index is 2.03. The highest BCUT2D eigenvalue weighted by Gasteiger charge is 2.24. The van der Waals surface area contributed by atoms with Crippen LogP contribution in [-0.4, -0.2) is 29.1 Å². The summed E-state index contributed by atoms with van der Waals surface area (Å²) in [5.74, 6) is 1.63. The molecule has 2 unspecified atom stereocenters. The number of aromatic nitrogens is 2. The Morgan fingerprint density at radius 1 is 1.22 bits per heavy atom. The van der Waals surface area contributed by atoms with E-state index in [0.29, 0.717) is 5.92 Å². The van der Waals surface area contributed by atoms with Crippen molar-refractivity contribution in [2.45, 2.75) is 19.4 Å². The standard InChI is InChI=1S/C14H18N4/c1-10-6-11(15)8-18(7-10)14-12-4-2-3-5-13(12)16-9-17-14/h2-5,9-11H,6-8,15H2,1H3. The van der Waals surface area contributed by atoms with Crippen LogP contribution >= 0.6 is 0 Å². The second-order valence-electron chi connectivity index (χ2n) is 5.22. The van der Waals surface area contributed by atoms with Crippen molar-refractivity contribution in [2.24, 2.45) is 11.7 Å². The molecule has 1 aliphatic heterocycles. The van der Waals surface area contributed by atoms with E-state index in [4.69, 9.17) is 5.73 Å². The molecule has 1 saturated heterocycles. The summed E-state index contributed by atoms with van der Waals surface area (Å²) in [5, 5.41) is 1.11. The molecule has 2 atom stereocenters. The number of piperidine rings is 1. The number of benzene rings is 1. The van der Waals surface area contributed by atoms with Gasteiger partial charge in [-0.05, 0) is 24.5 Å². The molecule has 0 saturated carbocycles. The second-order valence-corrected chi connectivity index (χ2v) is 5.22. The lowest BCUT2D eigenvalue weighted by atomic mass is 9.96. The molecule has 0 radical (unpaired) electrons. The Bertz CT molecular complexity index is 539. The summed E-state index contributed by atoms with van der Waals surface area (Å²) in [6.07, 6.45) is 2.74. The predicted molar refractivity (Wildman–Crippen MR) is 73.5 cm³/mol. The molecular weight excluding hydrogens is 224 g/mol. The van der Waals surface area contributed by atoms with E-state index in [-0.39, 0.29) is 6.04 Å². The number of fused-ring (bicyclic) bond motifs is 1. The number of para-hydroxylation sites is 1. The Hall–Kier alpha value is -1.68. The summed E-state index contributed by atoms with van der Waals surface area (Å²) in [6, 6.07) is 8.37. The van der Waals surface area contributed by atoms with Gasteiger partial charge < -0.3 is 10.6 Å². The molecule has 3 rings (SSSR count). The lowest BCUT2D eigenvalue weighted by Gasteiger charge is -2.36. The van der Waals surface area contributed by atoms with Crippen molar-refractivity contribution in [3.63, 3.8) is 0 Å². The van der Waals surface area contributed by atoms with E-state index in [1.165, 1.54) is 0 Å². The topological polar surface area (TPSA) is 55.0 Å². The lowest BCUT2D eigenvalue weighted by Crippen LogP contribution is -2.46. The summed E-state index contributed by atoms with van der Waals surface area (Å²) in [4.78, 5) is 11.1. The molecule has 1 aromatic heterocycles. The van der Waals surface area contributed by atoms with E-state index in [1.807, 2.05) is 18.2 Å². The van der Waals surface area contributed by atoms with Crippen LogP contribution in [0.2, 0.25) is 0 Å². The first-order valence-electron chi connectivity index (χ1n) is 6.44. The molecule has 1 fully saturated rings. The zero-order valence-corrected chi connectivity index (χ0v) is 10.6. The molecule has 1 aromatic carbocycles. The van der Waals surface area contributed by atoms with Crippen molar-refractivity contribution in [3.05, 3.63) is 30.6 Å². The van der Waals surface area contributed by atoms with Crippen molar-refractivity contribution in [1.29, 1.82) is 0 Å². The van der Waals surface area contributed by atoms with Crippen molar-refractivity contribution in [2.75, 3.05) is 18.0 Å². The van der Waals surface area contributed by atoms with Gasteiger partial charge in [-0.2, -0.15) is 0 Å². The van der Waals surface area contributed by atoms with Gasteiger partial charge in [0.05, 0.1) is 5.52 Å². The van der Waals surface area contributed by atoms with E-state index in [2.05, 4.69) is 27.9 Å². The van der Waals surface area contributed by atoms with E-state index in [1.54, 1.807) is 6.33 Å². The van der Waals surface area contributed by atoms with Crippen LogP contribution in [0.15, 0.2) is 30.6 Å². The van der Waals surface area contributed by atoms with Crippen LogP contribution in [0.3, 0.4) is 0 Å². The fraction of sp³-hybridized carbons (Fsp3) is 0.429. The van der Waals surface area contributed by atoms with Gasteiger partial charge in [-0.1, -0.05) is 19.1 Å². The van der Waals surface area contributed by atoms with Crippen molar-refractivity contribution >= 4 is 16.7 Å². The predicted octanol–water partition coefficient (Wildman–Crippen LogP) is 1.80. The van der Waals surface area contributed by atoms with Gasteiger partial charge in [-0.3, -0.25) is 0 Å². The van der Waals surface area contributed by atoms with Crippen LogP contribution in [-0.2, 0) is 0 Å². The molecule has 94 valence electrons. The average Bonchev–Trinajstić information content (AvgIpc) is 2.37. The molecule has 2 N–H and O–H groups in total. The van der Waals surface area contributed by atoms with Gasteiger partial charge in [0.25, 0.3) is 0 Å². The minimum Gasteiger partial charge on any atom is -0.354 e. The Labute approximate surface area is 107 Å². The zero-order valence-electron chi connectivity index (χ0n) is 10.6. The maximum atomic E-state index is 6.11. The first kappa shape index (κ1) is 11.4. The highest BCUT2D eigenvalue weighted by atomic mass is 15.2. The minimum atomic E-state index is 0.238. The van der Waals surface area contributed by atoms with E-state index < -0.39 is 0 Å². The van der Waals surface area contributed by atoms with Gasteiger partial charge in [0.2, 0.25) is 0 Å². The fourth-order valence-corrected chi connectivity index (χ4v) is 2.82. The number of hydrogen-bond acceptors (Lipinski definition) is 4. The number of nitrogens with two attached hydrogens (primary N) is 1. The maximum absolute atomic E-state index is 6.11. The van der Waals surface area contributed by atoms with Gasteiger partial charge in [-0.25, -0.2) is 9.97 Å². The number of anilines is 1. The highest BCUT2D eigenvalue weighted by Crippen LogP contribution is 2.26. The van der Waals surface area contributed by atoms with Crippen molar-refractivity contribution < 1.29 is 0 Å². The molecule has 0 amide bonds. The lowest BCUT2D eigenvalue weighted by molar-refractivity contribution is 0.400. The Kier molecular flexibility index (Phi) is 2.88. The van der Waals surface area contributed by atoms with Gasteiger partial charge in [0.15, 0.2) is 0 Å². The highest BCUT2D eigenvalue weighted by molar-refractivity contribution is 5.89. The molecular formula is C14H18N4. The fourth-order valence-electron chi connectivity index (χ4n) is 2.82. The van der Waals surface area contributed by atoms with Crippen LogP contribution in [0.25, 0.3) is 10.9 Å². The second kappa shape index (κ2) is 4.53. The first-order chi connectivity index (χ1) is 8.74. The average molecular weight is 242 g/mol. The minimum absolute atomic E-state index is 0.238. The van der Waals surface area contributed by atoms with E-state index in [9.17, 15) is 0 Å². The summed E-state index contributed by atoms with van der Waals surface area (Å²) in [6.45, 7) is 4.15. The third kappa shape index (κ3) is 2.04. The van der Waals surface area contributed by atoms with Crippen LogP contribution in [0.1, 0.15) is 13.3 Å². The monoisotopic (exact) mass is 242 g/mol. The third-order valence-electron chi connectivity index (χ3n) is 3.51. The van der Waals surface area contributed by atoms with Crippen LogP contribution < -0.4 is 10.6 Å². The molecule has 1 aliphatic rings. The maximum Gasteiger partial charge on any atom is 0.139 e. The van der Waals surface area contributed by atoms with E-state index in [0.717, 1.165) is 36.2 Å². The SMILES string of the molecule is CC1CC(N)CN(c2ncnc3ccccc23)C1. The number of hydrogen-bond donors (Lipinski definition) is 1. The molecule has 4 nitrogen and oxygen atoms in total. The molecule has 4 heteroatoms. The quantitative estimate of drug-likeness (QED) is 0.828.